The van der Waals surface area contributed by atoms with Crippen LogP contribution in [0, 0.1) is 0 Å². The molecule has 1 aromatic rings. The summed E-state index contributed by atoms with van der Waals surface area (Å²) in [6.45, 7) is 4.45. The second-order valence-electron chi connectivity index (χ2n) is 5.61. The first-order valence-electron chi connectivity index (χ1n) is 6.13. The Balaban J connectivity index is 2.19. The Labute approximate surface area is 102 Å². The molecule has 1 atom stereocenters. The molecule has 1 saturated heterocycles. The first-order valence-corrected chi connectivity index (χ1v) is 6.13. The number of amides is 1. The van der Waals surface area contributed by atoms with Gasteiger partial charge in [0.1, 0.15) is 5.66 Å². The minimum atomic E-state index is -0.242. The maximum Gasteiger partial charge on any atom is 0.221 e. The van der Waals surface area contributed by atoms with Crippen LogP contribution in [0.1, 0.15) is 32.3 Å². The van der Waals surface area contributed by atoms with E-state index in [9.17, 15) is 4.79 Å². The predicted octanol–water partition coefficient (Wildman–Crippen LogP) is 2.02. The molecule has 0 aliphatic carbocycles. The first kappa shape index (κ1) is 10.6. The summed E-state index contributed by atoms with van der Waals surface area (Å²) in [6.07, 6.45) is 1.51. The molecule has 1 aromatic carbocycles. The van der Waals surface area contributed by atoms with Crippen molar-refractivity contribution < 1.29 is 4.79 Å². The van der Waals surface area contributed by atoms with Gasteiger partial charge in [-0.15, -0.1) is 0 Å². The fraction of sp³-hybridized carbons (Fsp3) is 0.500. The van der Waals surface area contributed by atoms with Crippen LogP contribution in [0.25, 0.3) is 0 Å². The standard InChI is InChI=1S/C14H18N2O/c1-13(2)10-6-4-5-7-11(10)16(3)14(13)9-8-12(17)15-14/h4-7H,8-9H2,1-3H3,(H,15,17)/t14-/m1/s1. The minimum absolute atomic E-state index is 0.0511. The van der Waals surface area contributed by atoms with Crippen molar-refractivity contribution in [3.8, 4) is 0 Å². The van der Waals surface area contributed by atoms with E-state index in [0.29, 0.717) is 6.42 Å². The number of nitrogens with zero attached hydrogens (tertiary/aromatic N) is 1. The van der Waals surface area contributed by atoms with Crippen molar-refractivity contribution in [3.63, 3.8) is 0 Å². The Morgan fingerprint density at radius 3 is 2.59 bits per heavy atom. The normalized spacial score (nSPS) is 29.6. The van der Waals surface area contributed by atoms with Crippen molar-refractivity contribution in [2.75, 3.05) is 11.9 Å². The fourth-order valence-electron chi connectivity index (χ4n) is 3.51. The summed E-state index contributed by atoms with van der Waals surface area (Å²) in [4.78, 5) is 13.9. The van der Waals surface area contributed by atoms with Crippen molar-refractivity contribution in [2.45, 2.75) is 37.8 Å². The maximum absolute atomic E-state index is 11.7. The molecular weight excluding hydrogens is 212 g/mol. The number of carbonyl (C=O) groups is 1. The van der Waals surface area contributed by atoms with Gasteiger partial charge < -0.3 is 10.2 Å². The largest absolute Gasteiger partial charge is 0.351 e. The number of anilines is 1. The number of fused-ring (bicyclic) bond motifs is 1. The molecule has 0 unspecified atom stereocenters. The topological polar surface area (TPSA) is 32.3 Å². The van der Waals surface area contributed by atoms with Crippen LogP contribution in [-0.2, 0) is 10.2 Å². The SMILES string of the molecule is CN1c2ccccc2C(C)(C)[C@@]12CCC(=O)N2. The average Bonchev–Trinajstić information content (AvgIpc) is 2.77. The lowest BCUT2D eigenvalue weighted by molar-refractivity contribution is -0.120. The monoisotopic (exact) mass is 230 g/mol. The van der Waals surface area contributed by atoms with Gasteiger partial charge in [0.05, 0.1) is 0 Å². The molecule has 0 saturated carbocycles. The Kier molecular flexibility index (Phi) is 1.90. The van der Waals surface area contributed by atoms with E-state index in [4.69, 9.17) is 0 Å². The Hall–Kier alpha value is -1.51. The molecule has 3 heteroatoms. The fourth-order valence-corrected chi connectivity index (χ4v) is 3.51. The van der Waals surface area contributed by atoms with Gasteiger partial charge in [0.2, 0.25) is 5.91 Å². The zero-order valence-electron chi connectivity index (χ0n) is 10.6. The van der Waals surface area contributed by atoms with Crippen molar-refractivity contribution in [2.24, 2.45) is 0 Å². The van der Waals surface area contributed by atoms with Crippen LogP contribution in [0.2, 0.25) is 0 Å². The lowest BCUT2D eigenvalue weighted by Crippen LogP contribution is -2.61. The highest BCUT2D eigenvalue weighted by atomic mass is 16.2. The van der Waals surface area contributed by atoms with E-state index in [-0.39, 0.29) is 17.0 Å². The third-order valence-corrected chi connectivity index (χ3v) is 4.61. The summed E-state index contributed by atoms with van der Waals surface area (Å²) in [6, 6.07) is 8.44. The number of rotatable bonds is 0. The lowest BCUT2D eigenvalue weighted by atomic mass is 9.75. The van der Waals surface area contributed by atoms with Crippen molar-refractivity contribution in [1.82, 2.24) is 5.32 Å². The number of para-hydroxylation sites is 1. The molecule has 1 N–H and O–H groups in total. The van der Waals surface area contributed by atoms with E-state index in [2.05, 4.69) is 55.4 Å². The highest BCUT2D eigenvalue weighted by Crippen LogP contribution is 2.52. The molecule has 1 amide bonds. The van der Waals surface area contributed by atoms with E-state index in [1.807, 2.05) is 0 Å². The highest BCUT2D eigenvalue weighted by Gasteiger charge is 2.58. The van der Waals surface area contributed by atoms with E-state index in [1.54, 1.807) is 0 Å². The van der Waals surface area contributed by atoms with Gasteiger partial charge in [-0.1, -0.05) is 32.0 Å². The molecule has 2 aliphatic rings. The molecule has 1 spiro atoms. The second kappa shape index (κ2) is 3.03. The molecule has 2 aliphatic heterocycles. The highest BCUT2D eigenvalue weighted by molar-refractivity contribution is 5.83. The van der Waals surface area contributed by atoms with Gasteiger partial charge in [-0.3, -0.25) is 4.79 Å². The quantitative estimate of drug-likeness (QED) is 0.739. The Morgan fingerprint density at radius 2 is 2.00 bits per heavy atom. The first-order chi connectivity index (χ1) is 7.99. The van der Waals surface area contributed by atoms with Gasteiger partial charge >= 0.3 is 0 Å². The maximum atomic E-state index is 11.7. The number of hydrogen-bond donors (Lipinski definition) is 1. The van der Waals surface area contributed by atoms with Crippen LogP contribution in [-0.4, -0.2) is 18.6 Å². The van der Waals surface area contributed by atoms with E-state index < -0.39 is 0 Å². The summed E-state index contributed by atoms with van der Waals surface area (Å²) >= 11 is 0. The van der Waals surface area contributed by atoms with E-state index in [0.717, 1.165) is 6.42 Å². The van der Waals surface area contributed by atoms with Crippen LogP contribution in [0.15, 0.2) is 24.3 Å². The summed E-state index contributed by atoms with van der Waals surface area (Å²) in [5, 5.41) is 3.20. The molecule has 17 heavy (non-hydrogen) atoms. The Morgan fingerprint density at radius 1 is 1.29 bits per heavy atom. The molecule has 3 nitrogen and oxygen atoms in total. The number of hydrogen-bond acceptors (Lipinski definition) is 2. The third kappa shape index (κ3) is 1.09. The predicted molar refractivity (Wildman–Crippen MR) is 68.0 cm³/mol. The Bertz CT molecular complexity index is 495. The summed E-state index contributed by atoms with van der Waals surface area (Å²) in [5.74, 6) is 0.165. The van der Waals surface area contributed by atoms with E-state index in [1.165, 1.54) is 11.3 Å². The van der Waals surface area contributed by atoms with Gasteiger partial charge in [0.15, 0.2) is 0 Å². The number of nitrogens with one attached hydrogen (secondary N) is 1. The van der Waals surface area contributed by atoms with Crippen LogP contribution in [0.3, 0.4) is 0 Å². The molecule has 0 radical (unpaired) electrons. The molecule has 0 aromatic heterocycles. The van der Waals surface area contributed by atoms with E-state index >= 15 is 0 Å². The third-order valence-electron chi connectivity index (χ3n) is 4.61. The summed E-state index contributed by atoms with van der Waals surface area (Å²) < 4.78 is 0. The van der Waals surface area contributed by atoms with Crippen LogP contribution in [0.4, 0.5) is 5.69 Å². The zero-order chi connectivity index (χ0) is 12.3. The van der Waals surface area contributed by atoms with Gasteiger partial charge in [-0.05, 0) is 18.1 Å². The number of carbonyl (C=O) groups excluding carboxylic acids is 1. The smallest absolute Gasteiger partial charge is 0.221 e. The lowest BCUT2D eigenvalue weighted by Gasteiger charge is -2.43. The molecular formula is C14H18N2O. The van der Waals surface area contributed by atoms with Crippen molar-refractivity contribution >= 4 is 11.6 Å². The second-order valence-corrected chi connectivity index (χ2v) is 5.61. The zero-order valence-corrected chi connectivity index (χ0v) is 10.6. The molecule has 1 fully saturated rings. The summed E-state index contributed by atoms with van der Waals surface area (Å²) in [7, 11) is 2.08. The van der Waals surface area contributed by atoms with Crippen molar-refractivity contribution in [1.29, 1.82) is 0 Å². The van der Waals surface area contributed by atoms with Crippen LogP contribution in [0.5, 0.6) is 0 Å². The average molecular weight is 230 g/mol. The summed E-state index contributed by atoms with van der Waals surface area (Å²) in [5.41, 5.74) is 2.27. The van der Waals surface area contributed by atoms with Crippen LogP contribution < -0.4 is 10.2 Å². The van der Waals surface area contributed by atoms with Gasteiger partial charge in [0, 0.05) is 24.6 Å². The number of likely N-dealkylation sites (N-methyl/N-ethyl adjacent to an activating group) is 1. The van der Waals surface area contributed by atoms with Crippen LogP contribution >= 0.6 is 0 Å². The minimum Gasteiger partial charge on any atom is -0.351 e. The van der Waals surface area contributed by atoms with Crippen molar-refractivity contribution in [3.05, 3.63) is 29.8 Å². The molecule has 3 rings (SSSR count). The number of benzene rings is 1. The molecule has 2 heterocycles. The van der Waals surface area contributed by atoms with Gasteiger partial charge in [-0.2, -0.15) is 0 Å². The van der Waals surface area contributed by atoms with Gasteiger partial charge in [-0.25, -0.2) is 0 Å². The van der Waals surface area contributed by atoms with Gasteiger partial charge in [0.25, 0.3) is 0 Å². The molecule has 90 valence electrons. The molecule has 0 bridgehead atoms.